The molecule has 0 spiro atoms. The van der Waals surface area contributed by atoms with Crippen LogP contribution in [-0.2, 0) is 45.8 Å². The molecule has 0 amide bonds. The molecule has 9 rings (SSSR count). The molecule has 0 radical (unpaired) electrons. The van der Waals surface area contributed by atoms with E-state index in [1.807, 2.05) is 0 Å². The summed E-state index contributed by atoms with van der Waals surface area (Å²) in [5, 5.41) is 69.1. The van der Waals surface area contributed by atoms with Gasteiger partial charge in [0, 0.05) is 0 Å². The van der Waals surface area contributed by atoms with Crippen LogP contribution in [0.3, 0.4) is 0 Å². The van der Waals surface area contributed by atoms with Crippen molar-refractivity contribution in [3.8, 4) is 0 Å². The van der Waals surface area contributed by atoms with E-state index < -0.39 is 125 Å². The third kappa shape index (κ3) is 14.1. The SMILES string of the molecule is Nc1ncnc2c1ncn2[C@@H]1O[C@H](CO)[C@@H](O)[C@H]1O.Nc1ncnc2c1ncn2[C@@H]1O[C@H](COP(=O)(O)O)[C@@H](O)[C@H]1O.Nc1ncnc2c1ncn2[C@@H]1O[C@H](COP(=O)(O)OP(=O)(O)O)[C@@H](O)[C@H]1O.O=P(O)(O)O. The smallest absolute Gasteiger partial charge is 0.394 e. The minimum Gasteiger partial charge on any atom is -0.394 e. The van der Waals surface area contributed by atoms with Crippen LogP contribution < -0.4 is 17.2 Å². The van der Waals surface area contributed by atoms with Gasteiger partial charge in [0.25, 0.3) is 0 Å². The summed E-state index contributed by atoms with van der Waals surface area (Å²) in [6.07, 6.45) is -7.11. The molecule has 0 saturated carbocycles. The Balaban J connectivity index is 0.000000175. The molecule has 44 heteroatoms. The van der Waals surface area contributed by atoms with E-state index in [2.05, 4.69) is 58.2 Å². The van der Waals surface area contributed by atoms with Crippen molar-refractivity contribution in [2.75, 3.05) is 37.0 Å². The lowest BCUT2D eigenvalue weighted by atomic mass is 10.1. The number of ether oxygens (including phenoxy) is 3. The number of aliphatic hydroxyl groups excluding tert-OH is 7. The molecule has 410 valence electrons. The van der Waals surface area contributed by atoms with Crippen molar-refractivity contribution in [2.45, 2.75) is 73.6 Å². The van der Waals surface area contributed by atoms with Crippen molar-refractivity contribution in [3.63, 3.8) is 0 Å². The van der Waals surface area contributed by atoms with Gasteiger partial charge >= 0.3 is 31.3 Å². The first-order valence-corrected chi connectivity index (χ1v) is 26.2. The zero-order chi connectivity index (χ0) is 54.8. The molecule has 13 atom stereocenters. The lowest BCUT2D eigenvalue weighted by Crippen LogP contribution is -2.33. The van der Waals surface area contributed by atoms with Crippen LogP contribution in [0.15, 0.2) is 38.0 Å². The number of rotatable bonds is 12. The summed E-state index contributed by atoms with van der Waals surface area (Å²) < 4.78 is 74.4. The number of nitrogen functional groups attached to an aromatic ring is 3. The van der Waals surface area contributed by atoms with Gasteiger partial charge in [-0.25, -0.2) is 63.1 Å². The topological polar surface area (TPSA) is 636 Å². The largest absolute Gasteiger partial charge is 0.481 e. The zero-order valence-electron chi connectivity index (χ0n) is 36.7. The first-order chi connectivity index (χ1) is 34.4. The van der Waals surface area contributed by atoms with Crippen LogP contribution in [0.1, 0.15) is 18.7 Å². The Labute approximate surface area is 409 Å². The molecule has 6 aromatic rings. The molecule has 6 aromatic heterocycles. The molecular formula is C30H45N15O25P4. The van der Waals surface area contributed by atoms with E-state index in [-0.39, 0.29) is 34.3 Å². The van der Waals surface area contributed by atoms with Gasteiger partial charge in [0.1, 0.15) is 90.5 Å². The predicted molar refractivity (Wildman–Crippen MR) is 235 cm³/mol. The number of hydrogen-bond donors (Lipinski definition) is 18. The quantitative estimate of drug-likeness (QED) is 0.0507. The average Bonchev–Trinajstić information content (AvgIpc) is 4.16. The molecule has 3 aliphatic rings. The maximum Gasteiger partial charge on any atom is 0.481 e. The highest BCUT2D eigenvalue weighted by Gasteiger charge is 2.48. The van der Waals surface area contributed by atoms with Gasteiger partial charge in [0.2, 0.25) is 0 Å². The molecule has 0 bridgehead atoms. The number of imidazole rings is 3. The molecule has 40 nitrogen and oxygen atoms in total. The second kappa shape index (κ2) is 23.2. The summed E-state index contributed by atoms with van der Waals surface area (Å²) in [6.45, 7) is -1.80. The number of nitrogens with zero attached hydrogens (tertiary/aromatic N) is 12. The van der Waals surface area contributed by atoms with E-state index in [4.69, 9.17) is 75.3 Å². The van der Waals surface area contributed by atoms with Gasteiger partial charge < -0.3 is 106 Å². The Kier molecular flexibility index (Phi) is 18.3. The summed E-state index contributed by atoms with van der Waals surface area (Å²) >= 11 is 0. The molecule has 74 heavy (non-hydrogen) atoms. The van der Waals surface area contributed by atoms with Crippen molar-refractivity contribution in [2.24, 2.45) is 0 Å². The number of nitrogens with two attached hydrogens (primary N) is 3. The van der Waals surface area contributed by atoms with Crippen LogP contribution >= 0.6 is 31.3 Å². The van der Waals surface area contributed by atoms with Crippen LogP contribution in [0.4, 0.5) is 17.5 Å². The number of anilines is 3. The standard InChI is InChI=1S/C10H15N5O10P2.C10H14N5O7P.C10H13N5O4.H3O4P/c11-8-5-9(13-2-12-8)15(3-14-5)10-7(17)6(16)4(24-10)1-23-27(21,22)25-26(18,19)20;11-8-5-9(13-2-12-8)15(3-14-5)10-7(17)6(16)4(22-10)1-21-23(18,19)20;11-8-5-9(13-2-12-8)15(3-14-5)10-7(18)6(17)4(1-16)19-10;1-5(2,3)4/h2-4,6-7,10,16-17H,1H2,(H,21,22)(H2,11,12,13)(H2,18,19,20);2-4,6-7,10,16-17H,1H2,(H2,11,12,13)(H2,18,19,20);2-4,6-7,10,16-18H,1H2,(H2,11,12,13);(H3,1,2,3,4)/t3*4-,6-,7-,10-;/m111./s1. The Morgan fingerprint density at radius 1 is 0.473 bits per heavy atom. The minimum absolute atomic E-state index is 0.0856. The summed E-state index contributed by atoms with van der Waals surface area (Å²) in [7, 11) is -19.8. The second-order valence-electron chi connectivity index (χ2n) is 15.2. The number of phosphoric ester groups is 2. The highest BCUT2D eigenvalue weighted by Crippen LogP contribution is 2.57. The fourth-order valence-electron chi connectivity index (χ4n) is 6.97. The third-order valence-electron chi connectivity index (χ3n) is 10.2. The fraction of sp³-hybridized carbons (Fsp3) is 0.500. The second-order valence-corrected chi connectivity index (χ2v) is 20.3. The molecule has 9 heterocycles. The van der Waals surface area contributed by atoms with E-state index in [1.165, 1.54) is 45.3 Å². The molecule has 0 aliphatic carbocycles. The van der Waals surface area contributed by atoms with Crippen LogP contribution in [0, 0.1) is 0 Å². The van der Waals surface area contributed by atoms with Crippen molar-refractivity contribution >= 4 is 82.2 Å². The van der Waals surface area contributed by atoms with E-state index >= 15 is 0 Å². The minimum atomic E-state index is -5.29. The van der Waals surface area contributed by atoms with Gasteiger partial charge in [-0.05, 0) is 0 Å². The highest BCUT2D eigenvalue weighted by molar-refractivity contribution is 7.60. The Morgan fingerprint density at radius 3 is 1.08 bits per heavy atom. The maximum atomic E-state index is 11.5. The molecule has 0 aromatic carbocycles. The number of aromatic nitrogens is 12. The normalized spacial score (nSPS) is 28.0. The molecular weight excluding hydrogens is 1090 g/mol. The van der Waals surface area contributed by atoms with Gasteiger partial charge in [-0.3, -0.25) is 22.7 Å². The molecule has 21 N–H and O–H groups in total. The number of fused-ring (bicyclic) bond motifs is 3. The van der Waals surface area contributed by atoms with E-state index in [0.29, 0.717) is 16.7 Å². The van der Waals surface area contributed by atoms with Gasteiger partial charge in [0.15, 0.2) is 53.1 Å². The fourth-order valence-corrected chi connectivity index (χ4v) is 8.91. The molecule has 3 fully saturated rings. The van der Waals surface area contributed by atoms with Crippen molar-refractivity contribution in [1.82, 2.24) is 58.6 Å². The summed E-state index contributed by atoms with van der Waals surface area (Å²) in [4.78, 5) is 101. The number of aliphatic hydroxyl groups is 7. The zero-order valence-corrected chi connectivity index (χ0v) is 40.3. The van der Waals surface area contributed by atoms with Crippen LogP contribution in [-0.4, -0.2) is 208 Å². The van der Waals surface area contributed by atoms with Gasteiger partial charge in [-0.15, -0.1) is 0 Å². The van der Waals surface area contributed by atoms with Crippen molar-refractivity contribution < 1.29 is 121 Å². The monoisotopic (exact) mass is 1140 g/mol. The maximum absolute atomic E-state index is 11.5. The predicted octanol–water partition coefficient (Wildman–Crippen LogP) is -6.52. The van der Waals surface area contributed by atoms with Crippen LogP contribution in [0.2, 0.25) is 0 Å². The van der Waals surface area contributed by atoms with Crippen LogP contribution in [0.5, 0.6) is 0 Å². The Hall–Kier alpha value is -4.87. The van der Waals surface area contributed by atoms with Gasteiger partial charge in [-0.2, -0.15) is 4.31 Å². The van der Waals surface area contributed by atoms with E-state index in [9.17, 15) is 49.2 Å². The molecule has 3 saturated heterocycles. The van der Waals surface area contributed by atoms with Crippen molar-refractivity contribution in [3.05, 3.63) is 38.0 Å². The summed E-state index contributed by atoms with van der Waals surface area (Å²) in [5.74, 6) is 0.445. The first kappa shape index (κ1) is 58.4. The van der Waals surface area contributed by atoms with Crippen LogP contribution in [0.25, 0.3) is 33.5 Å². The third-order valence-corrected chi connectivity index (χ3v) is 12.8. The average molecular weight is 1140 g/mol. The van der Waals surface area contributed by atoms with Crippen molar-refractivity contribution in [1.29, 1.82) is 0 Å². The first-order valence-electron chi connectivity index (χ1n) is 20.1. The van der Waals surface area contributed by atoms with E-state index in [0.717, 1.165) is 6.33 Å². The van der Waals surface area contributed by atoms with Gasteiger partial charge in [-0.1, -0.05) is 0 Å². The summed E-state index contributed by atoms with van der Waals surface area (Å²) in [5.41, 5.74) is 18.8. The molecule has 1 unspecified atom stereocenters. The van der Waals surface area contributed by atoms with E-state index in [1.54, 1.807) is 0 Å². The Morgan fingerprint density at radius 2 is 0.784 bits per heavy atom. The summed E-state index contributed by atoms with van der Waals surface area (Å²) in [6, 6.07) is 0. The molecule has 3 aliphatic heterocycles. The highest BCUT2D eigenvalue weighted by atomic mass is 31.3. The number of hydrogen-bond acceptors (Lipinski definition) is 29. The lowest BCUT2D eigenvalue weighted by Gasteiger charge is -2.17. The Bertz CT molecular complexity index is 3080. The lowest BCUT2D eigenvalue weighted by molar-refractivity contribution is -0.0511. The van der Waals surface area contributed by atoms with Gasteiger partial charge in [0.05, 0.1) is 38.8 Å². The number of phosphoric acid groups is 4.